The Kier molecular flexibility index (Phi) is 22.2. The van der Waals surface area contributed by atoms with Crippen molar-refractivity contribution >= 4 is 35.4 Å². The van der Waals surface area contributed by atoms with Crippen molar-refractivity contribution < 1.29 is 28.8 Å². The second kappa shape index (κ2) is 23.6. The molecule has 0 aliphatic rings. The zero-order valence-corrected chi connectivity index (χ0v) is 37.2. The van der Waals surface area contributed by atoms with Gasteiger partial charge in [0.2, 0.25) is 35.4 Å². The molecule has 0 heterocycles. The predicted octanol–water partition coefficient (Wildman–Crippen LogP) is 4.00. The Labute approximate surface area is 328 Å². The molecule has 0 fully saturated rings. The van der Waals surface area contributed by atoms with Crippen LogP contribution in [0.1, 0.15) is 116 Å². The lowest BCUT2D eigenvalue weighted by atomic mass is 9.93. The summed E-state index contributed by atoms with van der Waals surface area (Å²) >= 11 is 0. The van der Waals surface area contributed by atoms with E-state index in [0.717, 1.165) is 25.7 Å². The van der Waals surface area contributed by atoms with Crippen LogP contribution in [-0.4, -0.2) is 133 Å². The second-order valence-corrected chi connectivity index (χ2v) is 17.1. The maximum atomic E-state index is 14.5. The SMILES string of the molecule is CCCCCCNC(=O)[C@H](C(C)C)N(C)C(=O)[C@H](C(C)C)N(C)C(=O)[C@H](C(C)C)N(C)C(=O)[C@H](C(C)C)N(C)C(=O)[C@@H](NC(=O)[C@@H](NC)C(C)C)C(C)C. The first kappa shape index (κ1) is 50.8. The summed E-state index contributed by atoms with van der Waals surface area (Å²) in [5, 5.41) is 8.92. The second-order valence-electron chi connectivity index (χ2n) is 17.1. The highest BCUT2D eigenvalue weighted by Crippen LogP contribution is 2.24. The largest absolute Gasteiger partial charge is 0.354 e. The molecule has 0 spiro atoms. The first-order valence-corrected chi connectivity index (χ1v) is 20.2. The van der Waals surface area contributed by atoms with Crippen LogP contribution in [0.15, 0.2) is 0 Å². The van der Waals surface area contributed by atoms with Crippen molar-refractivity contribution in [3.63, 3.8) is 0 Å². The van der Waals surface area contributed by atoms with Gasteiger partial charge in [-0.2, -0.15) is 0 Å². The quantitative estimate of drug-likeness (QED) is 0.133. The Morgan fingerprint density at radius 1 is 0.444 bits per heavy atom. The molecule has 13 heteroatoms. The molecule has 6 atom stereocenters. The fourth-order valence-electron chi connectivity index (χ4n) is 7.41. The summed E-state index contributed by atoms with van der Waals surface area (Å²) in [4.78, 5) is 89.4. The zero-order chi connectivity index (χ0) is 42.4. The van der Waals surface area contributed by atoms with Gasteiger partial charge in [0.05, 0.1) is 6.04 Å². The Hall–Kier alpha value is -3.22. The van der Waals surface area contributed by atoms with Crippen molar-refractivity contribution in [2.45, 2.75) is 152 Å². The van der Waals surface area contributed by atoms with Gasteiger partial charge in [0.25, 0.3) is 0 Å². The van der Waals surface area contributed by atoms with Crippen molar-refractivity contribution in [1.29, 1.82) is 0 Å². The molecule has 0 radical (unpaired) electrons. The van der Waals surface area contributed by atoms with Crippen LogP contribution < -0.4 is 16.0 Å². The summed E-state index contributed by atoms with van der Waals surface area (Å²) in [6.45, 7) is 25.1. The van der Waals surface area contributed by atoms with Gasteiger partial charge in [0.1, 0.15) is 30.2 Å². The molecule has 0 bridgehead atoms. The molecule has 0 saturated heterocycles. The van der Waals surface area contributed by atoms with E-state index in [1.54, 1.807) is 35.2 Å². The van der Waals surface area contributed by atoms with Gasteiger partial charge in [-0.25, -0.2) is 0 Å². The van der Waals surface area contributed by atoms with E-state index in [-0.39, 0.29) is 53.2 Å². The minimum atomic E-state index is -0.957. The van der Waals surface area contributed by atoms with E-state index in [4.69, 9.17) is 0 Å². The summed E-state index contributed by atoms with van der Waals surface area (Å²) in [5.74, 6) is -3.55. The third-order valence-electron chi connectivity index (χ3n) is 10.4. The Morgan fingerprint density at radius 3 is 1.11 bits per heavy atom. The van der Waals surface area contributed by atoms with Crippen LogP contribution in [0.2, 0.25) is 0 Å². The topological polar surface area (TPSA) is 151 Å². The van der Waals surface area contributed by atoms with Crippen molar-refractivity contribution in [2.75, 3.05) is 41.8 Å². The molecule has 0 aromatic heterocycles. The van der Waals surface area contributed by atoms with E-state index in [2.05, 4.69) is 22.9 Å². The number of unbranched alkanes of at least 4 members (excludes halogenated alkanes) is 3. The summed E-state index contributed by atoms with van der Waals surface area (Å²) in [7, 11) is 8.01. The van der Waals surface area contributed by atoms with Crippen LogP contribution in [0.25, 0.3) is 0 Å². The molecule has 6 amide bonds. The molecule has 54 heavy (non-hydrogen) atoms. The minimum absolute atomic E-state index is 0.00913. The lowest BCUT2D eigenvalue weighted by Crippen LogP contribution is -2.63. The fraction of sp³-hybridized carbons (Fsp3) is 0.854. The molecule has 0 aromatic rings. The van der Waals surface area contributed by atoms with Crippen LogP contribution >= 0.6 is 0 Å². The molecule has 3 N–H and O–H groups in total. The monoisotopic (exact) mass is 766 g/mol. The molecule has 0 unspecified atom stereocenters. The Balaban J connectivity index is 6.49. The highest BCUT2D eigenvalue weighted by Gasteiger charge is 2.44. The van der Waals surface area contributed by atoms with E-state index < -0.39 is 54.0 Å². The normalized spacial score (nSPS) is 15.2. The van der Waals surface area contributed by atoms with Crippen LogP contribution in [-0.2, 0) is 28.8 Å². The van der Waals surface area contributed by atoms with Gasteiger partial charge in [0.15, 0.2) is 0 Å². The average molecular weight is 766 g/mol. The van der Waals surface area contributed by atoms with Gasteiger partial charge < -0.3 is 35.6 Å². The van der Waals surface area contributed by atoms with E-state index >= 15 is 0 Å². The number of amides is 6. The van der Waals surface area contributed by atoms with Gasteiger partial charge in [-0.05, 0) is 49.0 Å². The summed E-state index contributed by atoms with van der Waals surface area (Å²) in [5.41, 5.74) is 0. The van der Waals surface area contributed by atoms with Gasteiger partial charge in [-0.15, -0.1) is 0 Å². The van der Waals surface area contributed by atoms with Gasteiger partial charge >= 0.3 is 0 Å². The minimum Gasteiger partial charge on any atom is -0.354 e. The van der Waals surface area contributed by atoms with Crippen molar-refractivity contribution in [3.8, 4) is 0 Å². The third kappa shape index (κ3) is 13.8. The number of nitrogens with one attached hydrogen (secondary N) is 3. The molecular formula is C41H79N7O6. The molecule has 0 rings (SSSR count). The number of nitrogens with zero attached hydrogens (tertiary/aromatic N) is 4. The van der Waals surface area contributed by atoms with E-state index in [9.17, 15) is 28.8 Å². The maximum Gasteiger partial charge on any atom is 0.246 e. The lowest BCUT2D eigenvalue weighted by molar-refractivity contribution is -0.157. The lowest BCUT2D eigenvalue weighted by Gasteiger charge is -2.42. The van der Waals surface area contributed by atoms with Crippen LogP contribution in [0.4, 0.5) is 0 Å². The number of likely N-dealkylation sites (N-methyl/N-ethyl adjacent to an activating group) is 5. The Morgan fingerprint density at radius 2 is 0.796 bits per heavy atom. The van der Waals surface area contributed by atoms with Crippen molar-refractivity contribution in [3.05, 3.63) is 0 Å². The summed E-state index contributed by atoms with van der Waals surface area (Å²) in [6, 6.07) is -4.90. The van der Waals surface area contributed by atoms with Gasteiger partial charge in [-0.1, -0.05) is 109 Å². The average Bonchev–Trinajstić information content (AvgIpc) is 3.05. The molecule has 0 aromatic carbocycles. The summed E-state index contributed by atoms with van der Waals surface area (Å²) < 4.78 is 0. The van der Waals surface area contributed by atoms with E-state index in [1.807, 2.05) is 83.1 Å². The van der Waals surface area contributed by atoms with Gasteiger partial charge in [0, 0.05) is 34.7 Å². The molecule has 0 aliphatic heterocycles. The number of hydrogen-bond donors (Lipinski definition) is 3. The molecule has 0 saturated carbocycles. The molecular weight excluding hydrogens is 686 g/mol. The van der Waals surface area contributed by atoms with E-state index in [0.29, 0.717) is 6.54 Å². The van der Waals surface area contributed by atoms with Crippen molar-refractivity contribution in [2.24, 2.45) is 35.5 Å². The first-order valence-electron chi connectivity index (χ1n) is 20.2. The smallest absolute Gasteiger partial charge is 0.246 e. The highest BCUT2D eigenvalue weighted by atomic mass is 16.2. The molecule has 314 valence electrons. The third-order valence-corrected chi connectivity index (χ3v) is 10.4. The van der Waals surface area contributed by atoms with E-state index in [1.165, 1.54) is 19.6 Å². The molecule has 13 nitrogen and oxygen atoms in total. The zero-order valence-electron chi connectivity index (χ0n) is 37.2. The summed E-state index contributed by atoms with van der Waals surface area (Å²) in [6.07, 6.45) is 4.07. The fourth-order valence-corrected chi connectivity index (χ4v) is 7.41. The number of hydrogen-bond acceptors (Lipinski definition) is 7. The Bertz CT molecular complexity index is 1220. The maximum absolute atomic E-state index is 14.5. The number of carbonyl (C=O) groups excluding carboxylic acids is 6. The highest BCUT2D eigenvalue weighted by molar-refractivity contribution is 5.97. The predicted molar refractivity (Wildman–Crippen MR) is 217 cm³/mol. The number of rotatable bonds is 23. The van der Waals surface area contributed by atoms with Crippen LogP contribution in [0.5, 0.6) is 0 Å². The van der Waals surface area contributed by atoms with Crippen LogP contribution in [0.3, 0.4) is 0 Å². The van der Waals surface area contributed by atoms with Crippen LogP contribution in [0, 0.1) is 35.5 Å². The molecule has 0 aliphatic carbocycles. The van der Waals surface area contributed by atoms with Crippen molar-refractivity contribution in [1.82, 2.24) is 35.6 Å². The first-order chi connectivity index (χ1) is 24.9. The number of carbonyl (C=O) groups is 6. The standard InChI is InChI=1S/C41H79N7O6/c1-19-20-21-22-23-43-37(50)32(26(6)7)45(15)39(52)34(28(10)11)47(17)41(54)35(29(12)13)48(18)40(53)33(27(8)9)46(16)38(51)31(25(4)5)44-36(49)30(42-14)24(2)3/h24-35,42H,19-23H2,1-18H3,(H,43,50)(H,44,49)/t30-,31-,32-,33-,34-,35-/m0/s1. The van der Waals surface area contributed by atoms with Gasteiger partial charge in [-0.3, -0.25) is 28.8 Å².